The highest BCUT2D eigenvalue weighted by atomic mass is 32.2. The number of hydrogen-bond acceptors (Lipinski definition) is 2. The summed E-state index contributed by atoms with van der Waals surface area (Å²) in [6.07, 6.45) is 0. The maximum atomic E-state index is 11.1. The first-order chi connectivity index (χ1) is 6.59. The molecule has 2 heteroatoms. The average Bonchev–Trinajstić information content (AvgIpc) is 2.15. The van der Waals surface area contributed by atoms with Gasteiger partial charge in [0.2, 0.25) is 0 Å². The van der Waals surface area contributed by atoms with Gasteiger partial charge in [-0.1, -0.05) is 24.3 Å². The van der Waals surface area contributed by atoms with Crippen LogP contribution in [-0.2, 0) is 0 Å². The zero-order chi connectivity index (χ0) is 10.6. The molecule has 1 rings (SSSR count). The number of carbonyl (C=O) groups excluding carboxylic acids is 1. The van der Waals surface area contributed by atoms with Crippen LogP contribution in [0.15, 0.2) is 41.3 Å². The minimum atomic E-state index is 0.114. The van der Waals surface area contributed by atoms with E-state index in [1.54, 1.807) is 18.7 Å². The summed E-state index contributed by atoms with van der Waals surface area (Å²) in [5.41, 5.74) is 1.92. The highest BCUT2D eigenvalue weighted by Crippen LogP contribution is 2.21. The van der Waals surface area contributed by atoms with Crippen molar-refractivity contribution in [3.05, 3.63) is 42.0 Å². The van der Waals surface area contributed by atoms with Gasteiger partial charge in [0.25, 0.3) is 0 Å². The van der Waals surface area contributed by atoms with E-state index < -0.39 is 0 Å². The highest BCUT2D eigenvalue weighted by molar-refractivity contribution is 7.99. The monoisotopic (exact) mass is 206 g/mol. The summed E-state index contributed by atoms with van der Waals surface area (Å²) in [5, 5.41) is 0. The van der Waals surface area contributed by atoms with Crippen molar-refractivity contribution in [2.75, 3.05) is 5.75 Å². The summed E-state index contributed by atoms with van der Waals surface area (Å²) < 4.78 is 0. The van der Waals surface area contributed by atoms with Crippen molar-refractivity contribution in [3.8, 4) is 0 Å². The summed E-state index contributed by atoms with van der Waals surface area (Å²) >= 11 is 1.71. The van der Waals surface area contributed by atoms with Crippen molar-refractivity contribution in [2.45, 2.75) is 18.7 Å². The van der Waals surface area contributed by atoms with Crippen molar-refractivity contribution in [1.29, 1.82) is 0 Å². The fourth-order valence-electron chi connectivity index (χ4n) is 1.01. The van der Waals surface area contributed by atoms with Gasteiger partial charge in [-0.15, -0.1) is 11.8 Å². The Morgan fingerprint density at radius 2 is 2.14 bits per heavy atom. The van der Waals surface area contributed by atoms with Gasteiger partial charge in [-0.3, -0.25) is 4.79 Å². The van der Waals surface area contributed by atoms with Gasteiger partial charge in [0, 0.05) is 16.2 Å². The zero-order valence-corrected chi connectivity index (χ0v) is 9.36. The van der Waals surface area contributed by atoms with Crippen LogP contribution >= 0.6 is 11.8 Å². The van der Waals surface area contributed by atoms with Crippen molar-refractivity contribution < 1.29 is 4.79 Å². The fraction of sp³-hybridized carbons (Fsp3) is 0.250. The molecule has 0 aliphatic rings. The maximum Gasteiger partial charge on any atom is 0.159 e. The third-order valence-corrected chi connectivity index (χ3v) is 2.95. The molecule has 0 aliphatic heterocycles. The van der Waals surface area contributed by atoms with E-state index in [0.717, 1.165) is 21.8 Å². The van der Waals surface area contributed by atoms with E-state index >= 15 is 0 Å². The molecule has 74 valence electrons. The molecule has 0 N–H and O–H groups in total. The Morgan fingerprint density at radius 3 is 2.71 bits per heavy atom. The van der Waals surface area contributed by atoms with Crippen LogP contribution < -0.4 is 0 Å². The molecule has 0 spiro atoms. The molecule has 0 unspecified atom stereocenters. The van der Waals surface area contributed by atoms with Crippen LogP contribution in [0, 0.1) is 0 Å². The predicted molar refractivity (Wildman–Crippen MR) is 62.0 cm³/mol. The molecule has 0 bridgehead atoms. The van der Waals surface area contributed by atoms with Crippen LogP contribution in [0.4, 0.5) is 0 Å². The molecule has 1 aromatic carbocycles. The van der Waals surface area contributed by atoms with Gasteiger partial charge in [-0.25, -0.2) is 0 Å². The minimum absolute atomic E-state index is 0.114. The number of hydrogen-bond donors (Lipinski definition) is 0. The smallest absolute Gasteiger partial charge is 0.159 e. The lowest BCUT2D eigenvalue weighted by atomic mass is 10.2. The van der Waals surface area contributed by atoms with Gasteiger partial charge in [0.05, 0.1) is 0 Å². The van der Waals surface area contributed by atoms with Gasteiger partial charge in [0.15, 0.2) is 5.78 Å². The Labute approximate surface area is 89.2 Å². The quantitative estimate of drug-likeness (QED) is 0.425. The van der Waals surface area contributed by atoms with Crippen molar-refractivity contribution in [1.82, 2.24) is 0 Å². The van der Waals surface area contributed by atoms with Crippen molar-refractivity contribution in [2.24, 2.45) is 0 Å². The van der Waals surface area contributed by atoms with Crippen LogP contribution in [0.2, 0.25) is 0 Å². The Hall–Kier alpha value is -1.02. The van der Waals surface area contributed by atoms with Gasteiger partial charge in [0.1, 0.15) is 0 Å². The second-order valence-electron chi connectivity index (χ2n) is 3.33. The molecule has 14 heavy (non-hydrogen) atoms. The summed E-state index contributed by atoms with van der Waals surface area (Å²) in [5.74, 6) is 1.02. The highest BCUT2D eigenvalue weighted by Gasteiger charge is 2.00. The van der Waals surface area contributed by atoms with Gasteiger partial charge < -0.3 is 0 Å². The van der Waals surface area contributed by atoms with Gasteiger partial charge >= 0.3 is 0 Å². The second kappa shape index (κ2) is 5.01. The van der Waals surface area contributed by atoms with Gasteiger partial charge in [-0.05, 0) is 26.0 Å². The third kappa shape index (κ3) is 3.38. The largest absolute Gasteiger partial charge is 0.295 e. The maximum absolute atomic E-state index is 11.1. The molecule has 0 fully saturated rings. The molecular formula is C12H14OS. The number of Topliss-reactive ketones (excluding diaryl/α,β-unsaturated/α-hetero) is 1. The zero-order valence-electron chi connectivity index (χ0n) is 8.54. The molecule has 0 saturated heterocycles. The van der Waals surface area contributed by atoms with E-state index in [-0.39, 0.29) is 5.78 Å². The number of benzene rings is 1. The average molecular weight is 206 g/mol. The fourth-order valence-corrected chi connectivity index (χ4v) is 1.81. The molecule has 0 heterocycles. The summed E-state index contributed by atoms with van der Waals surface area (Å²) in [6, 6.07) is 7.70. The molecule has 1 nitrogen and oxygen atoms in total. The van der Waals surface area contributed by atoms with E-state index in [4.69, 9.17) is 0 Å². The summed E-state index contributed by atoms with van der Waals surface area (Å²) in [6.45, 7) is 7.43. The Kier molecular flexibility index (Phi) is 3.96. The number of thioether (sulfide) groups is 1. The molecular weight excluding hydrogens is 192 g/mol. The molecule has 0 atom stereocenters. The molecule has 1 aromatic rings. The Balaban J connectivity index is 2.73. The Morgan fingerprint density at radius 1 is 1.43 bits per heavy atom. The standard InChI is InChI=1S/C12H14OS/c1-9(2)8-14-12-6-4-5-11(7-12)10(3)13/h4-7H,1,8H2,2-3H3. The molecule has 0 saturated carbocycles. The first-order valence-corrected chi connectivity index (χ1v) is 5.46. The minimum Gasteiger partial charge on any atom is -0.295 e. The van der Waals surface area contributed by atoms with Crippen LogP contribution in [0.3, 0.4) is 0 Å². The lowest BCUT2D eigenvalue weighted by molar-refractivity contribution is 0.101. The third-order valence-electron chi connectivity index (χ3n) is 1.73. The molecule has 0 aliphatic carbocycles. The summed E-state index contributed by atoms with van der Waals surface area (Å²) in [7, 11) is 0. The Bertz CT molecular complexity index is 355. The number of ketones is 1. The molecule has 0 radical (unpaired) electrons. The van der Waals surface area contributed by atoms with E-state index in [1.807, 2.05) is 31.2 Å². The lowest BCUT2D eigenvalue weighted by Crippen LogP contribution is -1.91. The summed E-state index contributed by atoms with van der Waals surface area (Å²) in [4.78, 5) is 12.2. The van der Waals surface area contributed by atoms with Crippen molar-refractivity contribution in [3.63, 3.8) is 0 Å². The van der Waals surface area contributed by atoms with E-state index in [2.05, 4.69) is 6.58 Å². The van der Waals surface area contributed by atoms with Gasteiger partial charge in [-0.2, -0.15) is 0 Å². The lowest BCUT2D eigenvalue weighted by Gasteiger charge is -2.02. The SMILES string of the molecule is C=C(C)CSc1cccc(C(C)=O)c1. The normalized spacial score (nSPS) is 9.86. The van der Waals surface area contributed by atoms with E-state index in [0.29, 0.717) is 0 Å². The van der Waals surface area contributed by atoms with Crippen LogP contribution in [0.25, 0.3) is 0 Å². The topological polar surface area (TPSA) is 17.1 Å². The first kappa shape index (κ1) is 11.1. The predicted octanol–water partition coefficient (Wildman–Crippen LogP) is 3.56. The van der Waals surface area contributed by atoms with Crippen LogP contribution in [-0.4, -0.2) is 11.5 Å². The second-order valence-corrected chi connectivity index (χ2v) is 4.38. The van der Waals surface area contributed by atoms with E-state index in [1.165, 1.54) is 0 Å². The molecule has 0 amide bonds. The van der Waals surface area contributed by atoms with Crippen LogP contribution in [0.5, 0.6) is 0 Å². The van der Waals surface area contributed by atoms with Crippen LogP contribution in [0.1, 0.15) is 24.2 Å². The number of carbonyl (C=O) groups is 1. The number of rotatable bonds is 4. The van der Waals surface area contributed by atoms with E-state index in [9.17, 15) is 4.79 Å². The molecule has 0 aromatic heterocycles. The first-order valence-electron chi connectivity index (χ1n) is 4.48. The van der Waals surface area contributed by atoms with Crippen molar-refractivity contribution >= 4 is 17.5 Å².